The van der Waals surface area contributed by atoms with E-state index in [2.05, 4.69) is 20.7 Å². The molecule has 1 saturated heterocycles. The molecule has 1 atom stereocenters. The maximum Gasteiger partial charge on any atom is 0.241 e. The fourth-order valence-electron chi connectivity index (χ4n) is 3.23. The molecular formula is C20H23BrN2O3S. The van der Waals surface area contributed by atoms with E-state index in [4.69, 9.17) is 0 Å². The van der Waals surface area contributed by atoms with Gasteiger partial charge in [-0.05, 0) is 49.1 Å². The number of piperidine rings is 1. The molecule has 1 fully saturated rings. The van der Waals surface area contributed by atoms with Gasteiger partial charge in [0, 0.05) is 24.0 Å². The van der Waals surface area contributed by atoms with Gasteiger partial charge in [-0.15, -0.1) is 0 Å². The van der Waals surface area contributed by atoms with Crippen molar-refractivity contribution in [1.29, 1.82) is 0 Å². The van der Waals surface area contributed by atoms with Gasteiger partial charge in [0.15, 0.2) is 0 Å². The van der Waals surface area contributed by atoms with Crippen LogP contribution in [-0.2, 0) is 14.8 Å². The second-order valence-corrected chi connectivity index (χ2v) is 9.31. The quantitative estimate of drug-likeness (QED) is 0.725. The first kappa shape index (κ1) is 20.0. The summed E-state index contributed by atoms with van der Waals surface area (Å²) in [4.78, 5) is 14.8. The number of amides is 1. The van der Waals surface area contributed by atoms with Crippen molar-refractivity contribution in [1.82, 2.24) is 9.62 Å². The highest BCUT2D eigenvalue weighted by atomic mass is 79.9. The lowest BCUT2D eigenvalue weighted by Gasteiger charge is -2.29. The number of carbonyl (C=O) groups excluding carboxylic acids is 1. The summed E-state index contributed by atoms with van der Waals surface area (Å²) in [7, 11) is -3.74. The first-order chi connectivity index (χ1) is 13.0. The molecule has 144 valence electrons. The van der Waals surface area contributed by atoms with Crippen LogP contribution in [0.1, 0.15) is 37.3 Å². The Kier molecular flexibility index (Phi) is 6.68. The van der Waals surface area contributed by atoms with E-state index in [-0.39, 0.29) is 17.2 Å². The molecule has 0 radical (unpaired) electrons. The zero-order valence-electron chi connectivity index (χ0n) is 15.0. The van der Waals surface area contributed by atoms with E-state index in [1.54, 1.807) is 24.3 Å². The molecule has 3 rings (SSSR count). The minimum atomic E-state index is -3.74. The zero-order chi connectivity index (χ0) is 19.3. The van der Waals surface area contributed by atoms with Crippen molar-refractivity contribution >= 4 is 31.9 Å². The van der Waals surface area contributed by atoms with Gasteiger partial charge in [0.2, 0.25) is 15.9 Å². The molecule has 7 heteroatoms. The van der Waals surface area contributed by atoms with Crippen LogP contribution in [0.2, 0.25) is 0 Å². The lowest BCUT2D eigenvalue weighted by molar-refractivity contribution is -0.132. The number of sulfonamides is 1. The summed E-state index contributed by atoms with van der Waals surface area (Å²) in [5, 5.41) is 0. The predicted molar refractivity (Wildman–Crippen MR) is 109 cm³/mol. The molecule has 0 saturated carbocycles. The molecule has 1 unspecified atom stereocenters. The van der Waals surface area contributed by atoms with Gasteiger partial charge in [-0.1, -0.05) is 46.3 Å². The van der Waals surface area contributed by atoms with E-state index in [0.29, 0.717) is 0 Å². The third-order valence-corrected chi connectivity index (χ3v) is 6.73. The van der Waals surface area contributed by atoms with Crippen LogP contribution >= 0.6 is 15.9 Å². The Morgan fingerprint density at radius 1 is 1.00 bits per heavy atom. The first-order valence-electron chi connectivity index (χ1n) is 9.06. The number of hydrogen-bond acceptors (Lipinski definition) is 3. The highest BCUT2D eigenvalue weighted by Crippen LogP contribution is 2.23. The van der Waals surface area contributed by atoms with Gasteiger partial charge in [-0.25, -0.2) is 13.1 Å². The smallest absolute Gasteiger partial charge is 0.241 e. The van der Waals surface area contributed by atoms with Crippen molar-refractivity contribution in [3.63, 3.8) is 0 Å². The van der Waals surface area contributed by atoms with Crippen LogP contribution in [0.4, 0.5) is 0 Å². The zero-order valence-corrected chi connectivity index (χ0v) is 17.4. The molecular weight excluding hydrogens is 428 g/mol. The largest absolute Gasteiger partial charge is 0.343 e. The Balaban J connectivity index is 1.81. The maximum absolute atomic E-state index is 12.8. The van der Waals surface area contributed by atoms with E-state index in [0.717, 1.165) is 42.4 Å². The third kappa shape index (κ3) is 5.40. The van der Waals surface area contributed by atoms with Crippen LogP contribution in [0, 0.1) is 0 Å². The van der Waals surface area contributed by atoms with Crippen molar-refractivity contribution < 1.29 is 13.2 Å². The summed E-state index contributed by atoms with van der Waals surface area (Å²) < 4.78 is 29.2. The Bertz CT molecular complexity index is 864. The average Bonchev–Trinajstić information content (AvgIpc) is 2.69. The van der Waals surface area contributed by atoms with Crippen LogP contribution in [0.5, 0.6) is 0 Å². The number of nitrogens with zero attached hydrogens (tertiary/aromatic N) is 1. The second kappa shape index (κ2) is 8.99. The van der Waals surface area contributed by atoms with Crippen LogP contribution in [0.3, 0.4) is 0 Å². The molecule has 5 nitrogen and oxygen atoms in total. The number of rotatable bonds is 6. The molecule has 1 aliphatic heterocycles. The van der Waals surface area contributed by atoms with E-state index >= 15 is 0 Å². The highest BCUT2D eigenvalue weighted by Gasteiger charge is 2.26. The summed E-state index contributed by atoms with van der Waals surface area (Å²) in [5.41, 5.74) is 0.781. The van der Waals surface area contributed by atoms with Gasteiger partial charge < -0.3 is 4.90 Å². The number of carbonyl (C=O) groups is 1. The molecule has 1 N–H and O–H groups in total. The van der Waals surface area contributed by atoms with Gasteiger partial charge in [0.25, 0.3) is 0 Å². The van der Waals surface area contributed by atoms with E-state index in [1.165, 1.54) is 0 Å². The van der Waals surface area contributed by atoms with E-state index in [1.807, 2.05) is 35.2 Å². The van der Waals surface area contributed by atoms with Crippen molar-refractivity contribution in [3.8, 4) is 0 Å². The summed E-state index contributed by atoms with van der Waals surface area (Å²) in [6.45, 7) is 1.50. The molecule has 0 bridgehead atoms. The number of nitrogens with one attached hydrogen (secondary N) is 1. The fraction of sp³-hybridized carbons (Fsp3) is 0.350. The van der Waals surface area contributed by atoms with Gasteiger partial charge in [-0.3, -0.25) is 4.79 Å². The first-order valence-corrected chi connectivity index (χ1v) is 11.3. The third-order valence-electron chi connectivity index (χ3n) is 4.71. The number of halogens is 1. The maximum atomic E-state index is 12.8. The summed E-state index contributed by atoms with van der Waals surface area (Å²) in [6.07, 6.45) is 3.26. The van der Waals surface area contributed by atoms with Gasteiger partial charge in [0.05, 0.1) is 10.9 Å². The molecule has 1 aliphatic rings. The monoisotopic (exact) mass is 450 g/mol. The summed E-state index contributed by atoms with van der Waals surface area (Å²) in [6, 6.07) is 15.1. The predicted octanol–water partition coefficient (Wildman–Crippen LogP) is 3.87. The van der Waals surface area contributed by atoms with Crippen LogP contribution < -0.4 is 4.72 Å². The molecule has 1 amide bonds. The molecule has 0 aliphatic carbocycles. The SMILES string of the molecule is O=C(CC(NS(=O)(=O)c1ccc(Br)cc1)c1ccccc1)N1CCCCC1. The van der Waals surface area contributed by atoms with Gasteiger partial charge in [0.1, 0.15) is 0 Å². The summed E-state index contributed by atoms with van der Waals surface area (Å²) >= 11 is 3.31. The van der Waals surface area contributed by atoms with Crippen molar-refractivity contribution in [2.75, 3.05) is 13.1 Å². The molecule has 0 aromatic heterocycles. The van der Waals surface area contributed by atoms with E-state index < -0.39 is 16.1 Å². The fourth-order valence-corrected chi connectivity index (χ4v) is 4.72. The summed E-state index contributed by atoms with van der Waals surface area (Å²) in [5.74, 6) is -0.0120. The minimum absolute atomic E-state index is 0.0120. The van der Waals surface area contributed by atoms with Gasteiger partial charge in [-0.2, -0.15) is 0 Å². The van der Waals surface area contributed by atoms with Crippen LogP contribution in [0.25, 0.3) is 0 Å². The molecule has 0 spiro atoms. The number of hydrogen-bond donors (Lipinski definition) is 1. The minimum Gasteiger partial charge on any atom is -0.343 e. The van der Waals surface area contributed by atoms with Crippen molar-refractivity contribution in [2.45, 2.75) is 36.6 Å². The van der Waals surface area contributed by atoms with E-state index in [9.17, 15) is 13.2 Å². The standard InChI is InChI=1S/C20H23BrN2O3S/c21-17-9-11-18(12-10-17)27(25,26)22-19(16-7-3-1-4-8-16)15-20(24)23-13-5-2-6-14-23/h1,3-4,7-12,19,22H,2,5-6,13-15H2. The Labute approximate surface area is 169 Å². The lowest BCUT2D eigenvalue weighted by atomic mass is 10.0. The Morgan fingerprint density at radius 2 is 1.63 bits per heavy atom. The van der Waals surface area contributed by atoms with Crippen LogP contribution in [-0.4, -0.2) is 32.3 Å². The number of benzene rings is 2. The lowest BCUT2D eigenvalue weighted by Crippen LogP contribution is -2.39. The second-order valence-electron chi connectivity index (χ2n) is 6.68. The van der Waals surface area contributed by atoms with Crippen molar-refractivity contribution in [2.24, 2.45) is 0 Å². The Morgan fingerprint density at radius 3 is 2.26 bits per heavy atom. The normalized spacial score (nSPS) is 16.1. The molecule has 27 heavy (non-hydrogen) atoms. The van der Waals surface area contributed by atoms with Crippen LogP contribution in [0.15, 0.2) is 64.0 Å². The highest BCUT2D eigenvalue weighted by molar-refractivity contribution is 9.10. The van der Waals surface area contributed by atoms with Gasteiger partial charge >= 0.3 is 0 Å². The number of likely N-dealkylation sites (tertiary alicyclic amines) is 1. The average molecular weight is 451 g/mol. The topological polar surface area (TPSA) is 66.5 Å². The van der Waals surface area contributed by atoms with Crippen molar-refractivity contribution in [3.05, 3.63) is 64.6 Å². The molecule has 1 heterocycles. The molecule has 2 aromatic rings. The Hall–Kier alpha value is -1.70. The molecule has 2 aromatic carbocycles.